The predicted molar refractivity (Wildman–Crippen MR) is 177 cm³/mol. The summed E-state index contributed by atoms with van der Waals surface area (Å²) in [6, 6.07) is 8.56. The van der Waals surface area contributed by atoms with Gasteiger partial charge in [0.05, 0.1) is 86.1 Å². The summed E-state index contributed by atoms with van der Waals surface area (Å²) >= 11 is 0. The van der Waals surface area contributed by atoms with E-state index < -0.39 is 23.3 Å². The number of methoxy groups -OCH3 is 9. The number of carbonyl (C=O) groups excluding carboxylic acids is 3. The summed E-state index contributed by atoms with van der Waals surface area (Å²) in [5, 5.41) is 0. The van der Waals surface area contributed by atoms with Crippen LogP contribution in [-0.4, -0.2) is 102 Å². The molecule has 50 heavy (non-hydrogen) atoms. The molecule has 0 bridgehead atoms. The summed E-state index contributed by atoms with van der Waals surface area (Å²) in [6.45, 7) is 0.551. The highest BCUT2D eigenvalue weighted by Gasteiger charge is 2.33. The van der Waals surface area contributed by atoms with E-state index in [4.69, 9.17) is 56.8 Å². The fourth-order valence-electron chi connectivity index (χ4n) is 4.69. The quantitative estimate of drug-likeness (QED) is 0.133. The molecule has 272 valence electrons. The standard InChI is InChI=1S/C35H42O15/c1-35(17-48-32(36)20-11-23(39-2)29(45-8)24(12-20)40-3,18-49-33(37)21-13-25(41-4)30(46-9)26(14-21)42-5)19-50-34(38)22-15-27(43-6)31(47-10)28(16-22)44-7/h11-16H,17-19H2,1-10H3. The van der Waals surface area contributed by atoms with Crippen LogP contribution in [0.2, 0.25) is 0 Å². The van der Waals surface area contributed by atoms with Crippen LogP contribution in [0.5, 0.6) is 51.7 Å². The molecule has 0 spiro atoms. The first-order valence-electron chi connectivity index (χ1n) is 14.9. The van der Waals surface area contributed by atoms with Crippen LogP contribution in [0.1, 0.15) is 38.0 Å². The lowest BCUT2D eigenvalue weighted by Crippen LogP contribution is -2.37. The van der Waals surface area contributed by atoms with Crippen LogP contribution in [0.25, 0.3) is 0 Å². The van der Waals surface area contributed by atoms with Crippen LogP contribution in [0.3, 0.4) is 0 Å². The lowest BCUT2D eigenvalue weighted by molar-refractivity contribution is -0.0288. The van der Waals surface area contributed by atoms with Gasteiger partial charge in [0.25, 0.3) is 0 Å². The third-order valence-electron chi connectivity index (χ3n) is 7.36. The summed E-state index contributed by atoms with van der Waals surface area (Å²) in [4.78, 5) is 39.8. The molecule has 3 rings (SSSR count). The highest BCUT2D eigenvalue weighted by Crippen LogP contribution is 2.41. The fourth-order valence-corrected chi connectivity index (χ4v) is 4.69. The maximum atomic E-state index is 13.3. The lowest BCUT2D eigenvalue weighted by atomic mass is 9.94. The molecule has 0 fully saturated rings. The number of rotatable bonds is 18. The molecule has 0 saturated heterocycles. The van der Waals surface area contributed by atoms with Crippen molar-refractivity contribution in [2.45, 2.75) is 6.92 Å². The molecule has 0 aliphatic rings. The fraction of sp³-hybridized carbons (Fsp3) is 0.400. The zero-order chi connectivity index (χ0) is 37.0. The van der Waals surface area contributed by atoms with Crippen LogP contribution in [0.15, 0.2) is 36.4 Å². The van der Waals surface area contributed by atoms with Crippen molar-refractivity contribution in [1.29, 1.82) is 0 Å². The molecule has 0 aromatic heterocycles. The second-order valence-electron chi connectivity index (χ2n) is 10.8. The van der Waals surface area contributed by atoms with Gasteiger partial charge in [0, 0.05) is 0 Å². The normalized spacial score (nSPS) is 10.7. The molecule has 0 amide bonds. The topological polar surface area (TPSA) is 162 Å². The minimum atomic E-state index is -1.26. The molecule has 3 aromatic rings. The van der Waals surface area contributed by atoms with E-state index in [-0.39, 0.29) is 88.3 Å². The lowest BCUT2D eigenvalue weighted by Gasteiger charge is -2.28. The van der Waals surface area contributed by atoms with Gasteiger partial charge in [-0.2, -0.15) is 0 Å². The first kappa shape index (κ1) is 38.7. The molecule has 0 heterocycles. The van der Waals surface area contributed by atoms with Gasteiger partial charge in [-0.1, -0.05) is 0 Å². The molecule has 0 unspecified atom stereocenters. The van der Waals surface area contributed by atoms with Crippen molar-refractivity contribution in [2.75, 3.05) is 83.8 Å². The molecular weight excluding hydrogens is 660 g/mol. The van der Waals surface area contributed by atoms with Crippen LogP contribution in [0.4, 0.5) is 0 Å². The highest BCUT2D eigenvalue weighted by atomic mass is 16.6. The summed E-state index contributed by atoms with van der Waals surface area (Å²) in [5.74, 6) is -0.00995. The Bertz CT molecular complexity index is 1400. The van der Waals surface area contributed by atoms with E-state index in [9.17, 15) is 14.4 Å². The van der Waals surface area contributed by atoms with Crippen molar-refractivity contribution in [2.24, 2.45) is 5.41 Å². The van der Waals surface area contributed by atoms with E-state index in [1.54, 1.807) is 6.92 Å². The van der Waals surface area contributed by atoms with Gasteiger partial charge in [0.15, 0.2) is 34.5 Å². The SMILES string of the molecule is COc1cc(C(=O)OCC(C)(COC(=O)c2cc(OC)c(OC)c(OC)c2)COC(=O)c2cc(OC)c(OC)c(OC)c2)cc(OC)c1OC. The average molecular weight is 703 g/mol. The molecule has 15 heteroatoms. The molecule has 0 N–H and O–H groups in total. The van der Waals surface area contributed by atoms with Crippen LogP contribution in [0, 0.1) is 5.41 Å². The zero-order valence-corrected chi connectivity index (χ0v) is 29.7. The smallest absolute Gasteiger partial charge is 0.338 e. The Kier molecular flexibility index (Phi) is 13.6. The van der Waals surface area contributed by atoms with Crippen molar-refractivity contribution in [3.63, 3.8) is 0 Å². The average Bonchev–Trinajstić information content (AvgIpc) is 3.15. The Labute approximate surface area is 290 Å². The van der Waals surface area contributed by atoms with Gasteiger partial charge in [-0.15, -0.1) is 0 Å². The molecule has 0 aliphatic heterocycles. The van der Waals surface area contributed by atoms with Crippen molar-refractivity contribution < 1.29 is 71.2 Å². The summed E-state index contributed by atoms with van der Waals surface area (Å²) in [7, 11) is 12.8. The molecule has 15 nitrogen and oxygen atoms in total. The number of hydrogen-bond donors (Lipinski definition) is 0. The number of hydrogen-bond acceptors (Lipinski definition) is 15. The monoisotopic (exact) mass is 702 g/mol. The second-order valence-corrected chi connectivity index (χ2v) is 10.8. The molecule has 0 radical (unpaired) electrons. The van der Waals surface area contributed by atoms with E-state index in [0.29, 0.717) is 0 Å². The van der Waals surface area contributed by atoms with Gasteiger partial charge in [-0.25, -0.2) is 14.4 Å². The van der Waals surface area contributed by atoms with Gasteiger partial charge in [-0.3, -0.25) is 0 Å². The van der Waals surface area contributed by atoms with Crippen LogP contribution >= 0.6 is 0 Å². The number of carbonyl (C=O) groups is 3. The van der Waals surface area contributed by atoms with Crippen molar-refractivity contribution in [3.05, 3.63) is 53.1 Å². The number of ether oxygens (including phenoxy) is 12. The summed E-state index contributed by atoms with van der Waals surface area (Å²) in [6.07, 6.45) is 0. The first-order valence-corrected chi connectivity index (χ1v) is 14.9. The largest absolute Gasteiger partial charge is 0.493 e. The van der Waals surface area contributed by atoms with Gasteiger partial charge >= 0.3 is 17.9 Å². The maximum absolute atomic E-state index is 13.3. The van der Waals surface area contributed by atoms with Gasteiger partial charge in [0.2, 0.25) is 17.2 Å². The summed E-state index contributed by atoms with van der Waals surface area (Å²) in [5.41, 5.74) is -0.995. The van der Waals surface area contributed by atoms with E-state index in [1.807, 2.05) is 0 Å². The Morgan fingerprint density at radius 3 is 0.760 bits per heavy atom. The van der Waals surface area contributed by atoms with Crippen molar-refractivity contribution in [1.82, 2.24) is 0 Å². The van der Waals surface area contributed by atoms with Crippen LogP contribution < -0.4 is 42.6 Å². The van der Waals surface area contributed by atoms with Crippen molar-refractivity contribution >= 4 is 17.9 Å². The first-order chi connectivity index (χ1) is 24.0. The third-order valence-corrected chi connectivity index (χ3v) is 7.36. The molecular formula is C35H42O15. The molecule has 0 saturated carbocycles. The minimum absolute atomic E-state index is 0.0886. The highest BCUT2D eigenvalue weighted by molar-refractivity contribution is 5.92. The zero-order valence-electron chi connectivity index (χ0n) is 29.7. The van der Waals surface area contributed by atoms with Crippen LogP contribution in [-0.2, 0) is 14.2 Å². The predicted octanol–water partition coefficient (Wildman–Crippen LogP) is 4.64. The van der Waals surface area contributed by atoms with E-state index in [0.717, 1.165) is 0 Å². The third kappa shape index (κ3) is 8.84. The second kappa shape index (κ2) is 17.6. The van der Waals surface area contributed by atoms with Crippen molar-refractivity contribution in [3.8, 4) is 51.7 Å². The Morgan fingerprint density at radius 2 is 0.600 bits per heavy atom. The maximum Gasteiger partial charge on any atom is 0.338 e. The van der Waals surface area contributed by atoms with E-state index in [2.05, 4.69) is 0 Å². The number of esters is 3. The van der Waals surface area contributed by atoms with Gasteiger partial charge in [0.1, 0.15) is 19.8 Å². The molecule has 0 aliphatic carbocycles. The molecule has 0 atom stereocenters. The van der Waals surface area contributed by atoms with E-state index >= 15 is 0 Å². The van der Waals surface area contributed by atoms with Gasteiger partial charge < -0.3 is 56.8 Å². The Hall–Kier alpha value is -5.73. The Balaban J connectivity index is 1.90. The Morgan fingerprint density at radius 1 is 0.400 bits per heavy atom. The van der Waals surface area contributed by atoms with Gasteiger partial charge in [-0.05, 0) is 43.3 Å². The van der Waals surface area contributed by atoms with E-state index in [1.165, 1.54) is 100 Å². The molecule has 3 aromatic carbocycles. The number of benzene rings is 3. The minimum Gasteiger partial charge on any atom is -0.493 e. The summed E-state index contributed by atoms with van der Waals surface area (Å²) < 4.78 is 65.0.